The molecule has 1 N–H and O–H groups in total. The van der Waals surface area contributed by atoms with E-state index in [2.05, 4.69) is 49.5 Å². The van der Waals surface area contributed by atoms with Gasteiger partial charge in [0.05, 0.1) is 12.2 Å². The standard InChI is InChI=1S/C20H31NO/c1-15-3-7-17(8-4-15)21-18-9-13-20(14-10-18)22-19-11-5-16(2)6-12-19/h3,7-9,13,15-16,18-21H,4-6,10-12,14H2,1-2H3. The predicted octanol–water partition coefficient (Wildman–Crippen LogP) is 4.74. The van der Waals surface area contributed by atoms with Crippen LogP contribution < -0.4 is 5.32 Å². The van der Waals surface area contributed by atoms with Crippen LogP contribution in [0.15, 0.2) is 36.1 Å². The topological polar surface area (TPSA) is 21.3 Å². The minimum Gasteiger partial charge on any atom is -0.379 e. The van der Waals surface area contributed by atoms with Gasteiger partial charge in [-0.3, -0.25) is 0 Å². The summed E-state index contributed by atoms with van der Waals surface area (Å²) in [4.78, 5) is 0. The minimum absolute atomic E-state index is 0.340. The van der Waals surface area contributed by atoms with E-state index < -0.39 is 0 Å². The van der Waals surface area contributed by atoms with Gasteiger partial charge in [-0.05, 0) is 62.9 Å². The van der Waals surface area contributed by atoms with Gasteiger partial charge in [0.15, 0.2) is 0 Å². The van der Waals surface area contributed by atoms with Crippen LogP contribution in [0.5, 0.6) is 0 Å². The van der Waals surface area contributed by atoms with Crippen LogP contribution in [0.1, 0.15) is 58.8 Å². The summed E-state index contributed by atoms with van der Waals surface area (Å²) in [5.41, 5.74) is 1.29. The second kappa shape index (κ2) is 7.50. The Bertz CT molecular complexity index is 443. The molecule has 22 heavy (non-hydrogen) atoms. The van der Waals surface area contributed by atoms with Crippen molar-refractivity contribution in [2.45, 2.75) is 77.0 Å². The third kappa shape index (κ3) is 4.49. The van der Waals surface area contributed by atoms with Crippen molar-refractivity contribution >= 4 is 0 Å². The summed E-state index contributed by atoms with van der Waals surface area (Å²) in [7, 11) is 0. The van der Waals surface area contributed by atoms with E-state index in [-0.39, 0.29) is 0 Å². The number of rotatable bonds is 4. The third-order valence-electron chi connectivity index (χ3n) is 5.32. The van der Waals surface area contributed by atoms with E-state index in [1.54, 1.807) is 0 Å². The Morgan fingerprint density at radius 1 is 0.955 bits per heavy atom. The van der Waals surface area contributed by atoms with Crippen LogP contribution >= 0.6 is 0 Å². The lowest BCUT2D eigenvalue weighted by Crippen LogP contribution is -2.33. The SMILES string of the molecule is CC1C=CC(NC2C=CC(OC3CCC(C)CC3)CC2)=CC1. The maximum absolute atomic E-state index is 6.29. The van der Waals surface area contributed by atoms with Crippen LogP contribution in [0.25, 0.3) is 0 Å². The maximum Gasteiger partial charge on any atom is 0.0761 e. The highest BCUT2D eigenvalue weighted by Gasteiger charge is 2.23. The lowest BCUT2D eigenvalue weighted by molar-refractivity contribution is -0.0201. The first-order valence-electron chi connectivity index (χ1n) is 9.17. The zero-order valence-corrected chi connectivity index (χ0v) is 14.1. The van der Waals surface area contributed by atoms with Gasteiger partial charge in [0, 0.05) is 11.7 Å². The summed E-state index contributed by atoms with van der Waals surface area (Å²) in [6.07, 6.45) is 20.9. The lowest BCUT2D eigenvalue weighted by Gasteiger charge is -2.31. The van der Waals surface area contributed by atoms with Crippen LogP contribution in [0.2, 0.25) is 0 Å². The Kier molecular flexibility index (Phi) is 5.41. The molecule has 3 rings (SSSR count). The summed E-state index contributed by atoms with van der Waals surface area (Å²) in [6.45, 7) is 4.63. The first kappa shape index (κ1) is 15.9. The molecule has 0 radical (unpaired) electrons. The highest BCUT2D eigenvalue weighted by Crippen LogP contribution is 2.28. The Morgan fingerprint density at radius 2 is 1.77 bits per heavy atom. The second-order valence-corrected chi connectivity index (χ2v) is 7.50. The molecule has 2 heteroatoms. The fraction of sp³-hybridized carbons (Fsp3) is 0.700. The number of hydrogen-bond acceptors (Lipinski definition) is 2. The molecule has 3 unspecified atom stereocenters. The molecular formula is C20H31NO. The van der Waals surface area contributed by atoms with Crippen LogP contribution in [0.3, 0.4) is 0 Å². The van der Waals surface area contributed by atoms with E-state index in [1.165, 1.54) is 37.8 Å². The van der Waals surface area contributed by atoms with Gasteiger partial charge in [-0.1, -0.05) is 38.2 Å². The molecule has 2 nitrogen and oxygen atoms in total. The molecular weight excluding hydrogens is 270 g/mol. The molecule has 0 heterocycles. The van der Waals surface area contributed by atoms with Crippen molar-refractivity contribution in [2.75, 3.05) is 0 Å². The number of hydrogen-bond donors (Lipinski definition) is 1. The predicted molar refractivity (Wildman–Crippen MR) is 92.6 cm³/mol. The van der Waals surface area contributed by atoms with Gasteiger partial charge < -0.3 is 10.1 Å². The quantitative estimate of drug-likeness (QED) is 0.757. The molecule has 1 fully saturated rings. The van der Waals surface area contributed by atoms with Crippen molar-refractivity contribution in [3.05, 3.63) is 36.1 Å². The molecule has 0 aromatic carbocycles. The van der Waals surface area contributed by atoms with Crippen LogP contribution in [0.4, 0.5) is 0 Å². The number of allylic oxidation sites excluding steroid dienone is 3. The molecule has 3 aliphatic rings. The molecule has 0 amide bonds. The fourth-order valence-electron chi connectivity index (χ4n) is 3.69. The van der Waals surface area contributed by atoms with E-state index in [4.69, 9.17) is 4.74 Å². The Balaban J connectivity index is 1.43. The zero-order valence-electron chi connectivity index (χ0n) is 14.1. The van der Waals surface area contributed by atoms with E-state index in [0.717, 1.165) is 18.8 Å². The normalized spacial score (nSPS) is 38.6. The molecule has 0 aromatic rings. The Morgan fingerprint density at radius 3 is 2.41 bits per heavy atom. The van der Waals surface area contributed by atoms with Gasteiger partial charge in [0.1, 0.15) is 0 Å². The molecule has 3 aliphatic carbocycles. The summed E-state index contributed by atoms with van der Waals surface area (Å²) in [5, 5.41) is 3.64. The maximum atomic E-state index is 6.29. The van der Waals surface area contributed by atoms with Gasteiger partial charge in [-0.15, -0.1) is 0 Å². The van der Waals surface area contributed by atoms with Crippen molar-refractivity contribution in [1.29, 1.82) is 0 Å². The van der Waals surface area contributed by atoms with E-state index in [9.17, 15) is 0 Å². The van der Waals surface area contributed by atoms with Crippen molar-refractivity contribution in [1.82, 2.24) is 5.32 Å². The van der Waals surface area contributed by atoms with Gasteiger partial charge in [-0.25, -0.2) is 0 Å². The molecule has 1 saturated carbocycles. The number of ether oxygens (including phenoxy) is 1. The zero-order chi connectivity index (χ0) is 15.4. The van der Waals surface area contributed by atoms with E-state index in [0.29, 0.717) is 24.2 Å². The summed E-state index contributed by atoms with van der Waals surface area (Å²) < 4.78 is 6.29. The highest BCUT2D eigenvalue weighted by molar-refractivity contribution is 5.23. The number of nitrogens with one attached hydrogen (secondary N) is 1. The molecule has 122 valence electrons. The first-order valence-corrected chi connectivity index (χ1v) is 9.17. The summed E-state index contributed by atoms with van der Waals surface area (Å²) in [6, 6.07) is 0.468. The third-order valence-corrected chi connectivity index (χ3v) is 5.32. The Hall–Kier alpha value is -1.02. The first-order chi connectivity index (χ1) is 10.7. The van der Waals surface area contributed by atoms with E-state index >= 15 is 0 Å². The largest absolute Gasteiger partial charge is 0.379 e. The van der Waals surface area contributed by atoms with Gasteiger partial charge in [-0.2, -0.15) is 0 Å². The average molecular weight is 301 g/mol. The highest BCUT2D eigenvalue weighted by atomic mass is 16.5. The van der Waals surface area contributed by atoms with E-state index in [1.807, 2.05) is 0 Å². The molecule has 0 aliphatic heterocycles. The van der Waals surface area contributed by atoms with Crippen molar-refractivity contribution in [3.8, 4) is 0 Å². The molecule has 3 atom stereocenters. The summed E-state index contributed by atoms with van der Waals surface area (Å²) in [5.74, 6) is 1.58. The van der Waals surface area contributed by atoms with Crippen LogP contribution in [-0.4, -0.2) is 18.2 Å². The van der Waals surface area contributed by atoms with Crippen molar-refractivity contribution in [2.24, 2.45) is 11.8 Å². The monoisotopic (exact) mass is 301 g/mol. The summed E-state index contributed by atoms with van der Waals surface area (Å²) >= 11 is 0. The lowest BCUT2D eigenvalue weighted by atomic mass is 9.88. The Labute approximate surface area is 135 Å². The molecule has 0 saturated heterocycles. The van der Waals surface area contributed by atoms with Crippen molar-refractivity contribution < 1.29 is 4.74 Å². The van der Waals surface area contributed by atoms with Gasteiger partial charge >= 0.3 is 0 Å². The molecule has 0 bridgehead atoms. The average Bonchev–Trinajstić information content (AvgIpc) is 2.54. The fourth-order valence-corrected chi connectivity index (χ4v) is 3.69. The molecule has 0 spiro atoms. The van der Waals surface area contributed by atoms with Crippen LogP contribution in [-0.2, 0) is 4.74 Å². The molecule has 0 aromatic heterocycles. The van der Waals surface area contributed by atoms with Gasteiger partial charge in [0.25, 0.3) is 0 Å². The minimum atomic E-state index is 0.340. The van der Waals surface area contributed by atoms with Gasteiger partial charge in [0.2, 0.25) is 0 Å². The van der Waals surface area contributed by atoms with Crippen LogP contribution in [0, 0.1) is 11.8 Å². The van der Waals surface area contributed by atoms with Crippen molar-refractivity contribution in [3.63, 3.8) is 0 Å². The smallest absolute Gasteiger partial charge is 0.0761 e. The second-order valence-electron chi connectivity index (χ2n) is 7.50.